The van der Waals surface area contributed by atoms with Gasteiger partial charge in [0.25, 0.3) is 0 Å². The lowest BCUT2D eigenvalue weighted by atomic mass is 9.96. The number of rotatable bonds is 2. The number of hydrogen-bond acceptors (Lipinski definition) is 1. The summed E-state index contributed by atoms with van der Waals surface area (Å²) in [5.74, 6) is -0.575. The number of aryl methyl sites for hydroxylation is 1. The van der Waals surface area contributed by atoms with Gasteiger partial charge in [0.15, 0.2) is 5.78 Å². The molecule has 92 valence electrons. The van der Waals surface area contributed by atoms with Crippen molar-refractivity contribution >= 4 is 21.7 Å². The predicted octanol–water partition coefficient (Wildman–Crippen LogP) is 4.44. The fourth-order valence-corrected chi connectivity index (χ4v) is 2.30. The van der Waals surface area contributed by atoms with E-state index >= 15 is 0 Å². The van der Waals surface area contributed by atoms with Gasteiger partial charge in [-0.15, -0.1) is 0 Å². The predicted molar refractivity (Wildman–Crippen MR) is 73.4 cm³/mol. The van der Waals surface area contributed by atoms with Crippen LogP contribution in [0.2, 0.25) is 0 Å². The zero-order valence-electron chi connectivity index (χ0n) is 10.1. The SMILES string of the molecule is Cc1cccc(C(=O)c2cc(F)cc(Br)c2)c1C. The van der Waals surface area contributed by atoms with Crippen LogP contribution in [0.3, 0.4) is 0 Å². The minimum Gasteiger partial charge on any atom is -0.289 e. The standard InChI is InChI=1S/C15H12BrFO/c1-9-4-3-5-14(10(9)2)15(18)11-6-12(16)8-13(17)7-11/h3-8H,1-2H3. The van der Waals surface area contributed by atoms with Crippen LogP contribution in [-0.2, 0) is 0 Å². The number of benzene rings is 2. The first-order valence-corrected chi connectivity index (χ1v) is 6.35. The summed E-state index contributed by atoms with van der Waals surface area (Å²) in [4.78, 5) is 12.3. The van der Waals surface area contributed by atoms with Crippen LogP contribution in [0, 0.1) is 19.7 Å². The average molecular weight is 307 g/mol. The molecule has 0 atom stereocenters. The van der Waals surface area contributed by atoms with Gasteiger partial charge in [-0.1, -0.05) is 34.1 Å². The van der Waals surface area contributed by atoms with Crippen LogP contribution in [0.15, 0.2) is 40.9 Å². The molecule has 0 unspecified atom stereocenters. The highest BCUT2D eigenvalue weighted by atomic mass is 79.9. The molecule has 0 aromatic heterocycles. The second-order valence-electron chi connectivity index (χ2n) is 4.23. The van der Waals surface area contributed by atoms with Crippen molar-refractivity contribution in [3.8, 4) is 0 Å². The van der Waals surface area contributed by atoms with Gasteiger partial charge in [0.1, 0.15) is 5.82 Å². The molecule has 0 saturated heterocycles. The molecular formula is C15H12BrFO. The van der Waals surface area contributed by atoms with Crippen LogP contribution >= 0.6 is 15.9 Å². The summed E-state index contributed by atoms with van der Waals surface area (Å²) in [7, 11) is 0. The maximum Gasteiger partial charge on any atom is 0.193 e. The monoisotopic (exact) mass is 306 g/mol. The lowest BCUT2D eigenvalue weighted by Gasteiger charge is -2.08. The molecule has 2 aromatic rings. The Hall–Kier alpha value is -1.48. The van der Waals surface area contributed by atoms with Crippen molar-refractivity contribution in [2.24, 2.45) is 0 Å². The van der Waals surface area contributed by atoms with Crippen molar-refractivity contribution in [1.82, 2.24) is 0 Å². The van der Waals surface area contributed by atoms with E-state index in [0.29, 0.717) is 15.6 Å². The van der Waals surface area contributed by atoms with E-state index in [-0.39, 0.29) is 5.78 Å². The molecule has 0 amide bonds. The second kappa shape index (κ2) is 5.02. The number of carbonyl (C=O) groups is 1. The summed E-state index contributed by atoms with van der Waals surface area (Å²) in [5, 5.41) is 0. The van der Waals surface area contributed by atoms with Crippen LogP contribution in [0.25, 0.3) is 0 Å². The minimum atomic E-state index is -0.418. The molecule has 0 fully saturated rings. The first kappa shape index (κ1) is 13.0. The highest BCUT2D eigenvalue weighted by molar-refractivity contribution is 9.10. The van der Waals surface area contributed by atoms with Crippen molar-refractivity contribution in [3.05, 3.63) is 68.9 Å². The van der Waals surface area contributed by atoms with Crippen molar-refractivity contribution in [2.45, 2.75) is 13.8 Å². The van der Waals surface area contributed by atoms with Crippen LogP contribution in [0.5, 0.6) is 0 Å². The average Bonchev–Trinajstić information content (AvgIpc) is 2.30. The number of carbonyl (C=O) groups excluding carboxylic acids is 1. The molecule has 0 saturated carbocycles. The van der Waals surface area contributed by atoms with Gasteiger partial charge in [-0.3, -0.25) is 4.79 Å². The van der Waals surface area contributed by atoms with Crippen LogP contribution in [0.1, 0.15) is 27.0 Å². The Labute approximate surface area is 114 Å². The summed E-state index contributed by atoms with van der Waals surface area (Å²) in [6.07, 6.45) is 0. The Morgan fingerprint density at radius 2 is 1.89 bits per heavy atom. The van der Waals surface area contributed by atoms with Gasteiger partial charge in [0, 0.05) is 15.6 Å². The summed E-state index contributed by atoms with van der Waals surface area (Å²) < 4.78 is 13.9. The van der Waals surface area contributed by atoms with Gasteiger partial charge in [-0.25, -0.2) is 4.39 Å². The first-order chi connectivity index (χ1) is 8.49. The van der Waals surface area contributed by atoms with Gasteiger partial charge in [0.2, 0.25) is 0 Å². The third kappa shape index (κ3) is 2.51. The van der Waals surface area contributed by atoms with Crippen molar-refractivity contribution in [1.29, 1.82) is 0 Å². The van der Waals surface area contributed by atoms with Crippen molar-refractivity contribution < 1.29 is 9.18 Å². The molecule has 0 N–H and O–H groups in total. The minimum absolute atomic E-state index is 0.156. The van der Waals surface area contributed by atoms with E-state index in [1.807, 2.05) is 26.0 Å². The molecule has 2 rings (SSSR count). The molecule has 18 heavy (non-hydrogen) atoms. The van der Waals surface area contributed by atoms with Crippen LogP contribution in [-0.4, -0.2) is 5.78 Å². The third-order valence-corrected chi connectivity index (χ3v) is 3.43. The first-order valence-electron chi connectivity index (χ1n) is 5.56. The highest BCUT2D eigenvalue weighted by Crippen LogP contribution is 2.20. The van der Waals surface area contributed by atoms with Gasteiger partial charge in [0.05, 0.1) is 0 Å². The topological polar surface area (TPSA) is 17.1 Å². The molecular weight excluding hydrogens is 295 g/mol. The molecule has 0 bridgehead atoms. The fourth-order valence-electron chi connectivity index (χ4n) is 1.84. The molecule has 0 spiro atoms. The van der Waals surface area contributed by atoms with Gasteiger partial charge in [-0.2, -0.15) is 0 Å². The Morgan fingerprint density at radius 3 is 2.56 bits per heavy atom. The van der Waals surface area contributed by atoms with Gasteiger partial charge in [-0.05, 0) is 43.2 Å². The number of hydrogen-bond donors (Lipinski definition) is 0. The Kier molecular flexibility index (Phi) is 3.62. The normalized spacial score (nSPS) is 10.4. The molecule has 1 nitrogen and oxygen atoms in total. The molecule has 3 heteroatoms. The van der Waals surface area contributed by atoms with E-state index in [1.165, 1.54) is 12.1 Å². The molecule has 2 aromatic carbocycles. The van der Waals surface area contributed by atoms with E-state index in [2.05, 4.69) is 15.9 Å². The van der Waals surface area contributed by atoms with Crippen molar-refractivity contribution in [2.75, 3.05) is 0 Å². The third-order valence-electron chi connectivity index (χ3n) is 2.97. The fraction of sp³-hybridized carbons (Fsp3) is 0.133. The number of ketones is 1. The Bertz CT molecular complexity index is 600. The quantitative estimate of drug-likeness (QED) is 0.750. The lowest BCUT2D eigenvalue weighted by molar-refractivity contribution is 0.103. The summed E-state index contributed by atoms with van der Waals surface area (Å²) in [5.41, 5.74) is 2.96. The van der Waals surface area contributed by atoms with E-state index in [1.54, 1.807) is 12.1 Å². The largest absolute Gasteiger partial charge is 0.289 e. The summed E-state index contributed by atoms with van der Waals surface area (Å²) >= 11 is 3.19. The molecule has 0 aliphatic rings. The van der Waals surface area contributed by atoms with Gasteiger partial charge < -0.3 is 0 Å². The Balaban J connectivity index is 2.51. The Morgan fingerprint density at radius 1 is 1.17 bits per heavy atom. The zero-order valence-corrected chi connectivity index (χ0v) is 11.7. The maximum atomic E-state index is 13.3. The van der Waals surface area contributed by atoms with Crippen LogP contribution < -0.4 is 0 Å². The van der Waals surface area contributed by atoms with Crippen LogP contribution in [0.4, 0.5) is 4.39 Å². The van der Waals surface area contributed by atoms with E-state index in [0.717, 1.165) is 11.1 Å². The van der Waals surface area contributed by atoms with Crippen molar-refractivity contribution in [3.63, 3.8) is 0 Å². The molecule has 0 aliphatic carbocycles. The van der Waals surface area contributed by atoms with E-state index in [4.69, 9.17) is 0 Å². The summed E-state index contributed by atoms with van der Waals surface area (Å²) in [6.45, 7) is 3.85. The molecule has 0 radical (unpaired) electrons. The highest BCUT2D eigenvalue weighted by Gasteiger charge is 2.14. The lowest BCUT2D eigenvalue weighted by Crippen LogP contribution is -2.05. The summed E-state index contributed by atoms with van der Waals surface area (Å²) in [6, 6.07) is 9.78. The second-order valence-corrected chi connectivity index (χ2v) is 5.15. The van der Waals surface area contributed by atoms with Gasteiger partial charge >= 0.3 is 0 Å². The van der Waals surface area contributed by atoms with E-state index < -0.39 is 5.82 Å². The molecule has 0 aliphatic heterocycles. The number of halogens is 2. The smallest absolute Gasteiger partial charge is 0.193 e. The molecule has 0 heterocycles. The zero-order chi connectivity index (χ0) is 13.3. The maximum absolute atomic E-state index is 13.3. The van der Waals surface area contributed by atoms with E-state index in [9.17, 15) is 9.18 Å².